The second kappa shape index (κ2) is 5.17. The fraction of sp³-hybridized carbons (Fsp3) is 0.333. The molecular formula is C9H12N8O. The Hall–Kier alpha value is -2.58. The monoisotopic (exact) mass is 248 g/mol. The smallest absolute Gasteiger partial charge is 0.278 e. The molecule has 2 aromatic rings. The number of H-pyrrole nitrogens is 1. The molecule has 1 amide bonds. The number of rotatable bonds is 4. The molecule has 0 bridgehead atoms. The molecular weight excluding hydrogens is 236 g/mol. The number of tetrazole rings is 1. The van der Waals surface area contributed by atoms with Crippen LogP contribution in [0, 0.1) is 0 Å². The summed E-state index contributed by atoms with van der Waals surface area (Å²) < 4.78 is 0. The SMILES string of the molecule is CC(C)Nc1cncc(C(=O)Nc2nn[nH]n2)n1. The van der Waals surface area contributed by atoms with Gasteiger partial charge in [-0.15, -0.1) is 5.10 Å². The molecule has 0 aromatic carbocycles. The van der Waals surface area contributed by atoms with Gasteiger partial charge in [-0.1, -0.05) is 5.10 Å². The van der Waals surface area contributed by atoms with Gasteiger partial charge in [0.15, 0.2) is 0 Å². The number of aromatic amines is 1. The number of aromatic nitrogens is 6. The van der Waals surface area contributed by atoms with E-state index in [9.17, 15) is 4.79 Å². The fourth-order valence-corrected chi connectivity index (χ4v) is 1.22. The van der Waals surface area contributed by atoms with Crippen LogP contribution < -0.4 is 10.6 Å². The molecule has 9 nitrogen and oxygen atoms in total. The normalized spacial score (nSPS) is 10.4. The molecule has 0 aliphatic carbocycles. The molecule has 2 rings (SSSR count). The Morgan fingerprint density at radius 3 is 2.89 bits per heavy atom. The molecule has 3 N–H and O–H groups in total. The Labute approximate surface area is 102 Å². The van der Waals surface area contributed by atoms with Crippen LogP contribution in [-0.2, 0) is 0 Å². The third-order valence-electron chi connectivity index (χ3n) is 1.87. The van der Waals surface area contributed by atoms with Crippen LogP contribution in [0.3, 0.4) is 0 Å². The van der Waals surface area contributed by atoms with Gasteiger partial charge in [0, 0.05) is 6.04 Å². The molecule has 0 radical (unpaired) electrons. The number of carbonyl (C=O) groups is 1. The Balaban J connectivity index is 2.10. The first-order chi connectivity index (χ1) is 8.65. The van der Waals surface area contributed by atoms with Crippen molar-refractivity contribution in [1.82, 2.24) is 30.6 Å². The van der Waals surface area contributed by atoms with E-state index in [0.29, 0.717) is 5.82 Å². The first-order valence-electron chi connectivity index (χ1n) is 5.28. The lowest BCUT2D eigenvalue weighted by atomic mass is 10.4. The maximum Gasteiger partial charge on any atom is 0.278 e. The lowest BCUT2D eigenvalue weighted by Gasteiger charge is -2.08. The van der Waals surface area contributed by atoms with E-state index in [2.05, 4.69) is 41.2 Å². The van der Waals surface area contributed by atoms with E-state index in [4.69, 9.17) is 0 Å². The van der Waals surface area contributed by atoms with Crippen molar-refractivity contribution < 1.29 is 4.79 Å². The number of hydrogen-bond acceptors (Lipinski definition) is 7. The van der Waals surface area contributed by atoms with Crippen LogP contribution in [0.4, 0.5) is 11.8 Å². The minimum Gasteiger partial charge on any atom is -0.367 e. The highest BCUT2D eigenvalue weighted by Gasteiger charge is 2.11. The van der Waals surface area contributed by atoms with Gasteiger partial charge in [0.25, 0.3) is 11.9 Å². The molecule has 0 aliphatic rings. The molecule has 18 heavy (non-hydrogen) atoms. The highest BCUT2D eigenvalue weighted by Crippen LogP contribution is 2.05. The van der Waals surface area contributed by atoms with Gasteiger partial charge in [-0.25, -0.2) is 4.98 Å². The molecule has 9 heteroatoms. The lowest BCUT2D eigenvalue weighted by molar-refractivity contribution is 0.102. The van der Waals surface area contributed by atoms with Gasteiger partial charge in [-0.05, 0) is 19.1 Å². The van der Waals surface area contributed by atoms with Crippen LogP contribution in [0.25, 0.3) is 0 Å². The summed E-state index contributed by atoms with van der Waals surface area (Å²) in [5.74, 6) is 0.172. The first kappa shape index (κ1) is 11.9. The zero-order valence-corrected chi connectivity index (χ0v) is 9.88. The fourth-order valence-electron chi connectivity index (χ4n) is 1.22. The first-order valence-corrected chi connectivity index (χ1v) is 5.28. The second-order valence-electron chi connectivity index (χ2n) is 3.78. The molecule has 0 saturated carbocycles. The van der Waals surface area contributed by atoms with Crippen molar-refractivity contribution in [3.05, 3.63) is 18.1 Å². The standard InChI is InChI=1S/C9H12N8O/c1-5(2)11-7-4-10-3-6(12-7)8(18)13-9-14-16-17-15-9/h3-5H,1-2H3,(H,11,12)(H2,13,14,15,16,17,18). The summed E-state index contributed by atoms with van der Waals surface area (Å²) in [6, 6.07) is 0.204. The van der Waals surface area contributed by atoms with Gasteiger partial charge < -0.3 is 5.32 Å². The molecule has 0 saturated heterocycles. The maximum atomic E-state index is 11.8. The van der Waals surface area contributed by atoms with Gasteiger partial charge >= 0.3 is 0 Å². The largest absolute Gasteiger partial charge is 0.367 e. The zero-order valence-electron chi connectivity index (χ0n) is 9.88. The van der Waals surface area contributed by atoms with Crippen molar-refractivity contribution in [2.24, 2.45) is 0 Å². The van der Waals surface area contributed by atoms with Gasteiger partial charge in [0.2, 0.25) is 0 Å². The van der Waals surface area contributed by atoms with E-state index >= 15 is 0 Å². The van der Waals surface area contributed by atoms with Crippen molar-refractivity contribution >= 4 is 17.7 Å². The molecule has 2 heterocycles. The number of hydrogen-bond donors (Lipinski definition) is 3. The summed E-state index contributed by atoms with van der Waals surface area (Å²) >= 11 is 0. The number of nitrogens with one attached hydrogen (secondary N) is 3. The van der Waals surface area contributed by atoms with E-state index in [1.165, 1.54) is 6.20 Å². The molecule has 0 fully saturated rings. The van der Waals surface area contributed by atoms with Gasteiger partial charge in [-0.3, -0.25) is 15.1 Å². The highest BCUT2D eigenvalue weighted by atomic mass is 16.2. The van der Waals surface area contributed by atoms with E-state index in [1.54, 1.807) is 6.20 Å². The van der Waals surface area contributed by atoms with E-state index in [0.717, 1.165) is 0 Å². The Kier molecular flexibility index (Phi) is 3.41. The van der Waals surface area contributed by atoms with Crippen molar-refractivity contribution in [3.8, 4) is 0 Å². The molecule has 94 valence electrons. The van der Waals surface area contributed by atoms with Gasteiger partial charge in [0.05, 0.1) is 12.4 Å². The second-order valence-corrected chi connectivity index (χ2v) is 3.78. The van der Waals surface area contributed by atoms with E-state index in [-0.39, 0.29) is 17.7 Å². The summed E-state index contributed by atoms with van der Waals surface area (Å²) in [6.07, 6.45) is 2.91. The van der Waals surface area contributed by atoms with Crippen LogP contribution in [0.2, 0.25) is 0 Å². The molecule has 0 unspecified atom stereocenters. The minimum atomic E-state index is -0.448. The highest BCUT2D eigenvalue weighted by molar-refractivity contribution is 6.01. The Bertz CT molecular complexity index is 523. The number of nitrogens with zero attached hydrogens (tertiary/aromatic N) is 5. The number of carbonyl (C=O) groups excluding carboxylic acids is 1. The summed E-state index contributed by atoms with van der Waals surface area (Å²) in [4.78, 5) is 19.8. The third-order valence-corrected chi connectivity index (χ3v) is 1.87. The van der Waals surface area contributed by atoms with Gasteiger partial charge in [0.1, 0.15) is 11.5 Å². The summed E-state index contributed by atoms with van der Waals surface area (Å²) in [5.41, 5.74) is 0.172. The predicted octanol–water partition coefficient (Wildman–Crippen LogP) is 0.0623. The van der Waals surface area contributed by atoms with Crippen LogP contribution >= 0.6 is 0 Å². The third kappa shape index (κ3) is 2.97. The summed E-state index contributed by atoms with van der Waals surface area (Å²) in [6.45, 7) is 3.93. The quantitative estimate of drug-likeness (QED) is 0.699. The Morgan fingerprint density at radius 2 is 2.22 bits per heavy atom. The van der Waals surface area contributed by atoms with Crippen molar-refractivity contribution in [1.29, 1.82) is 0 Å². The van der Waals surface area contributed by atoms with E-state index in [1.807, 2.05) is 13.8 Å². The van der Waals surface area contributed by atoms with Crippen LogP contribution in [0.1, 0.15) is 24.3 Å². The maximum absolute atomic E-state index is 11.8. The zero-order chi connectivity index (χ0) is 13.0. The average molecular weight is 248 g/mol. The lowest BCUT2D eigenvalue weighted by Crippen LogP contribution is -2.17. The molecule has 0 aliphatic heterocycles. The molecule has 0 spiro atoms. The van der Waals surface area contributed by atoms with Crippen LogP contribution in [0.15, 0.2) is 12.4 Å². The average Bonchev–Trinajstić information content (AvgIpc) is 2.81. The van der Waals surface area contributed by atoms with Crippen LogP contribution in [-0.4, -0.2) is 42.5 Å². The Morgan fingerprint density at radius 1 is 1.39 bits per heavy atom. The summed E-state index contributed by atoms with van der Waals surface area (Å²) in [7, 11) is 0. The number of amides is 1. The van der Waals surface area contributed by atoms with E-state index < -0.39 is 5.91 Å². The van der Waals surface area contributed by atoms with Gasteiger partial charge in [-0.2, -0.15) is 5.21 Å². The van der Waals surface area contributed by atoms with Crippen molar-refractivity contribution in [2.75, 3.05) is 10.6 Å². The van der Waals surface area contributed by atoms with Crippen LogP contribution in [0.5, 0.6) is 0 Å². The van der Waals surface area contributed by atoms with Crippen molar-refractivity contribution in [2.45, 2.75) is 19.9 Å². The molecule has 0 atom stereocenters. The predicted molar refractivity (Wildman–Crippen MR) is 62.9 cm³/mol. The molecule has 2 aromatic heterocycles. The van der Waals surface area contributed by atoms with Crippen molar-refractivity contribution in [3.63, 3.8) is 0 Å². The minimum absolute atomic E-state index is 0.0871. The topological polar surface area (TPSA) is 121 Å². The number of anilines is 2. The summed E-state index contributed by atoms with van der Waals surface area (Å²) in [5, 5.41) is 18.3.